The van der Waals surface area contributed by atoms with Gasteiger partial charge in [0.1, 0.15) is 5.75 Å². The zero-order valence-corrected chi connectivity index (χ0v) is 12.0. The summed E-state index contributed by atoms with van der Waals surface area (Å²) in [6.07, 6.45) is 5.17. The molecule has 0 radical (unpaired) electrons. The van der Waals surface area contributed by atoms with Gasteiger partial charge in [-0.3, -0.25) is 4.79 Å². The molecule has 1 fully saturated rings. The van der Waals surface area contributed by atoms with Gasteiger partial charge >= 0.3 is 0 Å². The number of fused-ring (bicyclic) bond motifs is 1. The molecule has 0 spiro atoms. The van der Waals surface area contributed by atoms with Gasteiger partial charge in [0.05, 0.1) is 12.2 Å². The molecule has 0 bridgehead atoms. The summed E-state index contributed by atoms with van der Waals surface area (Å²) in [4.78, 5) is 12.7. The maximum atomic E-state index is 12.7. The molecule has 0 unspecified atom stereocenters. The molecule has 3 heteroatoms. The Morgan fingerprint density at radius 2 is 2.00 bits per heavy atom. The van der Waals surface area contributed by atoms with Crippen LogP contribution < -0.4 is 4.74 Å². The van der Waals surface area contributed by atoms with Crippen molar-refractivity contribution < 1.29 is 9.53 Å². The number of benzene rings is 1. The monoisotopic (exact) mass is 278 g/mol. The van der Waals surface area contributed by atoms with Crippen molar-refractivity contribution in [3.05, 3.63) is 28.3 Å². The van der Waals surface area contributed by atoms with Crippen LogP contribution in [0.15, 0.2) is 12.1 Å². The zero-order chi connectivity index (χ0) is 13.4. The lowest BCUT2D eigenvalue weighted by atomic mass is 9.79. The minimum Gasteiger partial charge on any atom is -0.492 e. The first kappa shape index (κ1) is 13.0. The summed E-state index contributed by atoms with van der Waals surface area (Å²) in [6.45, 7) is 2.93. The molecule has 0 saturated heterocycles. The number of rotatable bonds is 2. The third-order valence-electron chi connectivity index (χ3n) is 4.40. The highest BCUT2D eigenvalue weighted by Gasteiger charge is 2.29. The first-order valence-electron chi connectivity index (χ1n) is 7.14. The van der Waals surface area contributed by atoms with E-state index >= 15 is 0 Å². The van der Waals surface area contributed by atoms with E-state index in [0.29, 0.717) is 17.2 Å². The summed E-state index contributed by atoms with van der Waals surface area (Å²) in [5, 5.41) is 0.650. The van der Waals surface area contributed by atoms with Gasteiger partial charge in [0.15, 0.2) is 5.78 Å². The van der Waals surface area contributed by atoms with Crippen LogP contribution in [0.5, 0.6) is 5.75 Å². The molecule has 19 heavy (non-hydrogen) atoms. The Labute approximate surface area is 119 Å². The Bertz CT molecular complexity index is 502. The largest absolute Gasteiger partial charge is 0.492 e. The van der Waals surface area contributed by atoms with Crippen molar-refractivity contribution in [1.82, 2.24) is 0 Å². The van der Waals surface area contributed by atoms with Gasteiger partial charge in [-0.15, -0.1) is 0 Å². The van der Waals surface area contributed by atoms with E-state index in [1.165, 1.54) is 0 Å². The van der Waals surface area contributed by atoms with Gasteiger partial charge in [-0.25, -0.2) is 0 Å². The third kappa shape index (κ3) is 2.51. The molecule has 0 N–H and O–H groups in total. The lowest BCUT2D eigenvalue weighted by molar-refractivity contribution is 0.0872. The number of ketones is 1. The van der Waals surface area contributed by atoms with Crippen molar-refractivity contribution in [2.45, 2.75) is 39.0 Å². The Balaban J connectivity index is 1.88. The number of carbonyl (C=O) groups excluding carboxylic acids is 1. The number of Topliss-reactive ketones (excluding diaryl/α,β-unsaturated/α-hetero) is 1. The third-order valence-corrected chi connectivity index (χ3v) is 4.62. The van der Waals surface area contributed by atoms with E-state index < -0.39 is 0 Å². The van der Waals surface area contributed by atoms with Crippen LogP contribution in [0.3, 0.4) is 0 Å². The highest BCUT2D eigenvalue weighted by Crippen LogP contribution is 2.37. The summed E-state index contributed by atoms with van der Waals surface area (Å²) >= 11 is 6.13. The number of hydrogen-bond acceptors (Lipinski definition) is 2. The molecule has 2 aliphatic rings. The second-order valence-corrected chi connectivity index (χ2v) is 6.30. The summed E-state index contributed by atoms with van der Waals surface area (Å²) in [5.74, 6) is 1.92. The van der Waals surface area contributed by atoms with Gasteiger partial charge < -0.3 is 4.74 Å². The Morgan fingerprint density at radius 3 is 2.74 bits per heavy atom. The topological polar surface area (TPSA) is 26.3 Å². The lowest BCUT2D eigenvalue weighted by Crippen LogP contribution is -2.21. The van der Waals surface area contributed by atoms with Gasteiger partial charge in [-0.2, -0.15) is 0 Å². The molecule has 102 valence electrons. The molecule has 1 aromatic carbocycles. The average molecular weight is 279 g/mol. The molecule has 1 heterocycles. The Morgan fingerprint density at radius 1 is 1.26 bits per heavy atom. The average Bonchev–Trinajstić information content (AvgIpc) is 2.85. The molecular formula is C16H19ClO2. The molecule has 1 aliphatic carbocycles. The van der Waals surface area contributed by atoms with Crippen molar-refractivity contribution in [2.75, 3.05) is 6.61 Å². The number of carbonyl (C=O) groups is 1. The molecule has 1 saturated carbocycles. The molecule has 1 aliphatic heterocycles. The molecule has 0 aromatic heterocycles. The zero-order valence-electron chi connectivity index (χ0n) is 11.2. The lowest BCUT2D eigenvalue weighted by Gasteiger charge is -2.25. The van der Waals surface area contributed by atoms with Crippen LogP contribution in [0.4, 0.5) is 0 Å². The molecule has 0 amide bonds. The fourth-order valence-electron chi connectivity index (χ4n) is 3.19. The van der Waals surface area contributed by atoms with E-state index in [1.54, 1.807) is 6.07 Å². The van der Waals surface area contributed by atoms with E-state index in [-0.39, 0.29) is 11.7 Å². The van der Waals surface area contributed by atoms with Crippen molar-refractivity contribution in [3.8, 4) is 5.75 Å². The van der Waals surface area contributed by atoms with Gasteiger partial charge in [-0.05, 0) is 36.5 Å². The van der Waals surface area contributed by atoms with E-state index in [9.17, 15) is 4.79 Å². The summed E-state index contributed by atoms with van der Waals surface area (Å²) in [6, 6.07) is 3.70. The highest BCUT2D eigenvalue weighted by atomic mass is 35.5. The molecular weight excluding hydrogens is 260 g/mol. The summed E-state index contributed by atoms with van der Waals surface area (Å²) in [5.41, 5.74) is 1.79. The minimum atomic E-state index is 0.156. The summed E-state index contributed by atoms with van der Waals surface area (Å²) < 4.78 is 5.64. The van der Waals surface area contributed by atoms with Crippen molar-refractivity contribution in [1.29, 1.82) is 0 Å². The smallest absolute Gasteiger partial charge is 0.169 e. The van der Waals surface area contributed by atoms with Crippen molar-refractivity contribution in [3.63, 3.8) is 0 Å². The first-order valence-corrected chi connectivity index (χ1v) is 7.52. The van der Waals surface area contributed by atoms with Crippen molar-refractivity contribution in [2.24, 2.45) is 11.8 Å². The van der Waals surface area contributed by atoms with Crippen LogP contribution >= 0.6 is 11.6 Å². The summed E-state index contributed by atoms with van der Waals surface area (Å²) in [7, 11) is 0. The van der Waals surface area contributed by atoms with E-state index in [0.717, 1.165) is 49.3 Å². The standard InChI is InChI=1S/C16H19ClO2/c1-10-2-4-11(5-3-10)15(18)14-9-13(17)8-12-6-7-19-16(12)14/h8-11H,2-7H2,1H3. The normalized spacial score (nSPS) is 25.8. The first-order chi connectivity index (χ1) is 9.15. The fraction of sp³-hybridized carbons (Fsp3) is 0.562. The number of halogens is 1. The molecule has 2 nitrogen and oxygen atoms in total. The number of hydrogen-bond donors (Lipinski definition) is 0. The quantitative estimate of drug-likeness (QED) is 0.755. The van der Waals surface area contributed by atoms with Crippen molar-refractivity contribution >= 4 is 17.4 Å². The predicted octanol–water partition coefficient (Wildman–Crippen LogP) is 4.28. The molecule has 1 aromatic rings. The van der Waals surface area contributed by atoms with Gasteiger partial charge in [0, 0.05) is 17.4 Å². The van der Waals surface area contributed by atoms with Crippen LogP contribution in [-0.2, 0) is 6.42 Å². The number of ether oxygens (including phenoxy) is 1. The van der Waals surface area contributed by atoms with E-state index in [4.69, 9.17) is 16.3 Å². The fourth-order valence-corrected chi connectivity index (χ4v) is 3.44. The van der Waals surface area contributed by atoms with Gasteiger partial charge in [-0.1, -0.05) is 31.4 Å². The maximum absolute atomic E-state index is 12.7. The Kier molecular flexibility index (Phi) is 3.53. The van der Waals surface area contributed by atoms with Crippen LogP contribution in [0.2, 0.25) is 5.02 Å². The van der Waals surface area contributed by atoms with E-state index in [2.05, 4.69) is 6.92 Å². The van der Waals surface area contributed by atoms with Crippen LogP contribution in [0.25, 0.3) is 0 Å². The van der Waals surface area contributed by atoms with Gasteiger partial charge in [0.25, 0.3) is 0 Å². The molecule has 3 rings (SSSR count). The van der Waals surface area contributed by atoms with Gasteiger partial charge in [0.2, 0.25) is 0 Å². The Hall–Kier alpha value is -1.02. The van der Waals surface area contributed by atoms with E-state index in [1.807, 2.05) is 6.07 Å². The second kappa shape index (κ2) is 5.16. The molecule has 0 atom stereocenters. The second-order valence-electron chi connectivity index (χ2n) is 5.86. The predicted molar refractivity (Wildman–Crippen MR) is 76.1 cm³/mol. The van der Waals surface area contributed by atoms with Crippen LogP contribution in [0, 0.1) is 11.8 Å². The minimum absolute atomic E-state index is 0.156. The van der Waals surface area contributed by atoms with Crippen LogP contribution in [-0.4, -0.2) is 12.4 Å². The highest BCUT2D eigenvalue weighted by molar-refractivity contribution is 6.31. The van der Waals surface area contributed by atoms with Crippen LogP contribution in [0.1, 0.15) is 48.5 Å². The SMILES string of the molecule is CC1CCC(C(=O)c2cc(Cl)cc3c2OCC3)CC1. The maximum Gasteiger partial charge on any atom is 0.169 e.